The van der Waals surface area contributed by atoms with Gasteiger partial charge in [0.05, 0.1) is 5.02 Å². The van der Waals surface area contributed by atoms with Crippen LogP contribution in [-0.2, 0) is 16.1 Å². The molecule has 27 heavy (non-hydrogen) atoms. The average Bonchev–Trinajstić information content (AvgIpc) is 2.92. The Bertz CT molecular complexity index is 920. The standard InChI is InChI=1S/C20H16ClNO5/c1-12-14-4-2-3-5-15(14)20(24)22(12)10-18(23)27-11-13-8-16(21)19-17(9-13)25-6-7-26-19/h2-5,8-9H,1,6-7,10-11H2. The van der Waals surface area contributed by atoms with Crippen LogP contribution in [0, 0.1) is 0 Å². The summed E-state index contributed by atoms with van der Waals surface area (Å²) >= 11 is 6.18. The van der Waals surface area contributed by atoms with Gasteiger partial charge in [0.1, 0.15) is 26.4 Å². The van der Waals surface area contributed by atoms with Gasteiger partial charge in [-0.2, -0.15) is 0 Å². The Balaban J connectivity index is 1.40. The molecular weight excluding hydrogens is 370 g/mol. The van der Waals surface area contributed by atoms with Gasteiger partial charge in [-0.25, -0.2) is 0 Å². The van der Waals surface area contributed by atoms with E-state index in [0.717, 1.165) is 5.56 Å². The number of ether oxygens (including phenoxy) is 3. The molecule has 1 amide bonds. The zero-order chi connectivity index (χ0) is 19.0. The molecule has 0 aliphatic carbocycles. The van der Waals surface area contributed by atoms with Gasteiger partial charge in [0.2, 0.25) is 0 Å². The Morgan fingerprint density at radius 1 is 1.19 bits per heavy atom. The summed E-state index contributed by atoms with van der Waals surface area (Å²) in [6.07, 6.45) is 0. The molecule has 0 aromatic heterocycles. The van der Waals surface area contributed by atoms with Gasteiger partial charge in [0.15, 0.2) is 11.5 Å². The molecular formula is C20H16ClNO5. The maximum absolute atomic E-state index is 12.4. The number of amides is 1. The number of fused-ring (bicyclic) bond motifs is 2. The van der Waals surface area contributed by atoms with Crippen molar-refractivity contribution in [3.05, 3.63) is 64.7 Å². The second-order valence-electron chi connectivity index (χ2n) is 6.15. The lowest BCUT2D eigenvalue weighted by Gasteiger charge is -2.20. The van der Waals surface area contributed by atoms with Gasteiger partial charge < -0.3 is 14.2 Å². The summed E-state index contributed by atoms with van der Waals surface area (Å²) in [6, 6.07) is 10.5. The quantitative estimate of drug-likeness (QED) is 0.756. The summed E-state index contributed by atoms with van der Waals surface area (Å²) in [5.74, 6) is 0.228. The monoisotopic (exact) mass is 385 g/mol. The summed E-state index contributed by atoms with van der Waals surface area (Å²) in [7, 11) is 0. The van der Waals surface area contributed by atoms with Gasteiger partial charge in [-0.05, 0) is 23.8 Å². The topological polar surface area (TPSA) is 65.1 Å². The van der Waals surface area contributed by atoms with Crippen molar-refractivity contribution in [2.45, 2.75) is 6.61 Å². The molecule has 2 aromatic rings. The largest absolute Gasteiger partial charge is 0.486 e. The van der Waals surface area contributed by atoms with Crippen LogP contribution < -0.4 is 9.47 Å². The summed E-state index contributed by atoms with van der Waals surface area (Å²) in [6.45, 7) is 4.59. The van der Waals surface area contributed by atoms with Gasteiger partial charge in [0.25, 0.3) is 5.91 Å². The molecule has 2 aliphatic rings. The fourth-order valence-corrected chi connectivity index (χ4v) is 3.38. The van der Waals surface area contributed by atoms with Crippen molar-refractivity contribution in [3.63, 3.8) is 0 Å². The molecule has 138 valence electrons. The fraction of sp³-hybridized carbons (Fsp3) is 0.200. The van der Waals surface area contributed by atoms with E-state index in [1.54, 1.807) is 30.3 Å². The van der Waals surface area contributed by atoms with Crippen LogP contribution in [0.15, 0.2) is 43.0 Å². The van der Waals surface area contributed by atoms with Crippen LogP contribution in [0.3, 0.4) is 0 Å². The van der Waals surface area contributed by atoms with E-state index in [4.69, 9.17) is 25.8 Å². The first-order chi connectivity index (χ1) is 13.0. The van der Waals surface area contributed by atoms with Crippen molar-refractivity contribution in [2.75, 3.05) is 19.8 Å². The van der Waals surface area contributed by atoms with E-state index in [-0.39, 0.29) is 19.1 Å². The molecule has 0 saturated heterocycles. The molecule has 0 bridgehead atoms. The minimum Gasteiger partial charge on any atom is -0.486 e. The Kier molecular flexibility index (Phi) is 4.49. The number of hydrogen-bond donors (Lipinski definition) is 0. The highest BCUT2D eigenvalue weighted by molar-refractivity contribution is 6.32. The lowest BCUT2D eigenvalue weighted by molar-refractivity contribution is -0.145. The molecule has 0 fully saturated rings. The van der Waals surface area contributed by atoms with Crippen molar-refractivity contribution in [1.29, 1.82) is 0 Å². The molecule has 0 radical (unpaired) electrons. The van der Waals surface area contributed by atoms with E-state index >= 15 is 0 Å². The van der Waals surface area contributed by atoms with E-state index in [0.29, 0.717) is 46.6 Å². The number of esters is 1. The molecule has 0 saturated carbocycles. The maximum atomic E-state index is 12.4. The lowest BCUT2D eigenvalue weighted by atomic mass is 10.1. The van der Waals surface area contributed by atoms with Crippen molar-refractivity contribution in [1.82, 2.24) is 4.90 Å². The maximum Gasteiger partial charge on any atom is 0.326 e. The third-order valence-electron chi connectivity index (χ3n) is 4.38. The van der Waals surface area contributed by atoms with Crippen LogP contribution in [0.1, 0.15) is 21.5 Å². The molecule has 0 spiro atoms. The molecule has 4 rings (SSSR count). The van der Waals surface area contributed by atoms with Crippen LogP contribution in [0.5, 0.6) is 11.5 Å². The number of nitrogens with zero attached hydrogens (tertiary/aromatic N) is 1. The summed E-state index contributed by atoms with van der Waals surface area (Å²) in [5, 5.41) is 0.400. The SMILES string of the molecule is C=C1c2ccccc2C(=O)N1CC(=O)OCc1cc(Cl)c2c(c1)OCCO2. The predicted octanol–water partition coefficient (Wildman–Crippen LogP) is 3.28. The van der Waals surface area contributed by atoms with Crippen molar-refractivity contribution < 1.29 is 23.8 Å². The number of hydrogen-bond acceptors (Lipinski definition) is 5. The molecule has 2 heterocycles. The number of benzene rings is 2. The molecule has 0 N–H and O–H groups in total. The highest BCUT2D eigenvalue weighted by Crippen LogP contribution is 2.38. The van der Waals surface area contributed by atoms with Gasteiger partial charge in [-0.1, -0.05) is 36.4 Å². The first-order valence-electron chi connectivity index (χ1n) is 8.38. The molecule has 7 heteroatoms. The summed E-state index contributed by atoms with van der Waals surface area (Å²) in [5.41, 5.74) is 2.44. The Morgan fingerprint density at radius 3 is 2.70 bits per heavy atom. The zero-order valence-corrected chi connectivity index (χ0v) is 15.1. The van der Waals surface area contributed by atoms with Crippen molar-refractivity contribution >= 4 is 29.2 Å². The first-order valence-corrected chi connectivity index (χ1v) is 8.76. The molecule has 2 aromatic carbocycles. The normalized spacial score (nSPS) is 14.9. The second kappa shape index (κ2) is 6.96. The minimum atomic E-state index is -0.539. The van der Waals surface area contributed by atoms with Crippen LogP contribution in [0.4, 0.5) is 0 Å². The average molecular weight is 386 g/mol. The van der Waals surface area contributed by atoms with Gasteiger partial charge in [0, 0.05) is 16.8 Å². The number of rotatable bonds is 4. The summed E-state index contributed by atoms with van der Waals surface area (Å²) in [4.78, 5) is 26.0. The first kappa shape index (κ1) is 17.4. The number of carbonyl (C=O) groups is 2. The minimum absolute atomic E-state index is 0.0106. The van der Waals surface area contributed by atoms with E-state index in [1.165, 1.54) is 4.90 Å². The highest BCUT2D eigenvalue weighted by Gasteiger charge is 2.32. The van der Waals surface area contributed by atoms with Gasteiger partial charge in [-0.3, -0.25) is 14.5 Å². The van der Waals surface area contributed by atoms with E-state index < -0.39 is 5.97 Å². The van der Waals surface area contributed by atoms with Gasteiger partial charge in [-0.15, -0.1) is 0 Å². The molecule has 6 nitrogen and oxygen atoms in total. The smallest absolute Gasteiger partial charge is 0.326 e. The Morgan fingerprint density at radius 2 is 1.93 bits per heavy atom. The van der Waals surface area contributed by atoms with Gasteiger partial charge >= 0.3 is 5.97 Å². The number of halogens is 1. The lowest BCUT2D eigenvalue weighted by Crippen LogP contribution is -2.30. The number of carbonyl (C=O) groups excluding carboxylic acids is 2. The third kappa shape index (κ3) is 3.24. The van der Waals surface area contributed by atoms with Crippen LogP contribution >= 0.6 is 11.6 Å². The molecule has 0 unspecified atom stereocenters. The van der Waals surface area contributed by atoms with Crippen LogP contribution in [0.2, 0.25) is 5.02 Å². The van der Waals surface area contributed by atoms with E-state index in [2.05, 4.69) is 6.58 Å². The second-order valence-corrected chi connectivity index (χ2v) is 6.55. The fourth-order valence-electron chi connectivity index (χ4n) is 3.09. The summed E-state index contributed by atoms with van der Waals surface area (Å²) < 4.78 is 16.3. The molecule has 2 aliphatic heterocycles. The van der Waals surface area contributed by atoms with E-state index in [1.807, 2.05) is 6.07 Å². The highest BCUT2D eigenvalue weighted by atomic mass is 35.5. The van der Waals surface area contributed by atoms with E-state index in [9.17, 15) is 9.59 Å². The van der Waals surface area contributed by atoms with Crippen LogP contribution in [0.25, 0.3) is 5.70 Å². The van der Waals surface area contributed by atoms with Crippen molar-refractivity contribution in [3.8, 4) is 11.5 Å². The zero-order valence-electron chi connectivity index (χ0n) is 14.4. The van der Waals surface area contributed by atoms with Crippen LogP contribution in [-0.4, -0.2) is 36.5 Å². The molecule has 0 atom stereocenters. The predicted molar refractivity (Wildman–Crippen MR) is 98.8 cm³/mol. The van der Waals surface area contributed by atoms with Crippen molar-refractivity contribution in [2.24, 2.45) is 0 Å². The Labute approximate surface area is 160 Å². The third-order valence-corrected chi connectivity index (χ3v) is 4.66. The Hall–Kier alpha value is -2.99.